The molecule has 8 aliphatic rings. The number of hydrogen-bond acceptors (Lipinski definition) is 32. The maximum absolute atomic E-state index is 13.5. The number of alkyl halides is 1. The van der Waals surface area contributed by atoms with Crippen molar-refractivity contribution in [2.45, 2.75) is 79.1 Å². The third-order valence-corrected chi connectivity index (χ3v) is 28.3. The number of ketones is 1. The van der Waals surface area contributed by atoms with Crippen LogP contribution in [0.5, 0.6) is 17.2 Å². The Bertz CT molecular complexity index is 7190. The molecule has 48 heteroatoms. The molecule has 8 aromatic heterocycles. The predicted molar refractivity (Wildman–Crippen MR) is 522 cm³/mol. The summed E-state index contributed by atoms with van der Waals surface area (Å²) in [6.45, 7) is 8.16. The fourth-order valence-corrected chi connectivity index (χ4v) is 20.3. The first-order chi connectivity index (χ1) is 68.3. The second-order valence-electron chi connectivity index (χ2n) is 29.2. The van der Waals surface area contributed by atoms with Gasteiger partial charge in [0.15, 0.2) is 23.6 Å². The molecule has 22 rings (SSSR count). The Balaban J connectivity index is 0.000000160. The van der Waals surface area contributed by atoms with Crippen LogP contribution in [0.2, 0.25) is 10.3 Å². The van der Waals surface area contributed by atoms with Gasteiger partial charge in [-0.25, -0.2) is 28.9 Å². The van der Waals surface area contributed by atoms with Gasteiger partial charge in [0.05, 0.1) is 135 Å². The van der Waals surface area contributed by atoms with Crippen LogP contribution in [-0.4, -0.2) is 175 Å². The number of pyridine rings is 5. The number of Topliss-reactive ketones (excluding diaryl/α,β-unsaturated/α-hetero) is 1. The largest absolute Gasteiger partial charge is 0.500 e. The Morgan fingerprint density at radius 1 is 0.535 bits per heavy atom. The number of ether oxygens (including phenoxy) is 8. The molecular weight excluding hydrogens is 2180 g/mol. The van der Waals surface area contributed by atoms with Crippen molar-refractivity contribution in [3.8, 4) is 17.2 Å². The van der Waals surface area contributed by atoms with Crippen molar-refractivity contribution in [3.05, 3.63) is 295 Å². The van der Waals surface area contributed by atoms with Gasteiger partial charge in [-0.2, -0.15) is 14.2 Å². The van der Waals surface area contributed by atoms with E-state index in [-0.39, 0.29) is 11.1 Å². The van der Waals surface area contributed by atoms with E-state index in [2.05, 4.69) is 99.5 Å². The first kappa shape index (κ1) is 109. The number of para-hydroxylation sites is 1. The van der Waals surface area contributed by atoms with E-state index in [1.54, 1.807) is 43.1 Å². The Labute approximate surface area is 834 Å². The average molecular weight is 2270 g/mol. The van der Waals surface area contributed by atoms with Gasteiger partial charge in [0.1, 0.15) is 50.4 Å². The number of nitrogen functional groups attached to an aromatic ring is 1. The molecule has 0 atom stereocenters. The zero-order chi connectivity index (χ0) is 102. The Morgan fingerprint density at radius 2 is 0.986 bits per heavy atom. The predicted octanol–water partition coefficient (Wildman–Crippen LogP) is 19.0. The summed E-state index contributed by atoms with van der Waals surface area (Å²) in [5.74, 6) is 2.14. The average Bonchev–Trinajstić information content (AvgIpc) is 1.65. The molecule has 0 bridgehead atoms. The van der Waals surface area contributed by atoms with Crippen molar-refractivity contribution >= 4 is 220 Å². The summed E-state index contributed by atoms with van der Waals surface area (Å²) in [6.07, 6.45) is 19.7. The van der Waals surface area contributed by atoms with Crippen LogP contribution in [0, 0.1) is 5.95 Å². The number of furan rings is 2. The molecule has 1 amide bonds. The number of carboxylic acids is 1. The number of hydrogen-bond donors (Lipinski definition) is 4. The van der Waals surface area contributed by atoms with Gasteiger partial charge in [0.25, 0.3) is 11.1 Å². The number of aromatic amines is 2. The number of carbonyl (C=O) groups excluding carboxylic acids is 7. The standard InChI is InChI=1S/C11H8ClNO.C11H6ClNO.C11H8FNO.C11H9NO2.C11H7NO2.C6H7FO2.C6H6N4.C5H5N3O2.C5H5NO2.C5H6O3.C4H6O.4C2H4O2.Cl3OP.Pb/c3*12-11-8-4-2-1-3-7(8)10-9(13-11)5-6-14-10;2*13-11-8-4-2-1-3-7(8)10-9(12-11)5-6-14-10;7-3-6(8)5-1-2-9-4-5;7-10-6-4-2-1-3-5(6)8-9-10;6-8-7-5(9)4-1-2-10-3-4;7-4-6-5-1-2-8-3-5;6-5(7)4-1-2-8-3-4;1-2-4-5-3-1;4*1-2(3)4;1-5(2,3)4;/h1-4H,5-6H2;1-6H;1-4H,5-6H2;1-4H,5-6H2,(H,12,13);1-6H,(H,12,13);4H,1-3H2;1-4H,7H2;3H,1-2H2;3H,1-2H2;3H,1-2H2,(H,6,7);1,3H,2,4H2;4*1H3,(H,3,4);;/q;;;;;;;;;;;;;;;;+4/p-4. The molecule has 0 saturated carbocycles. The molecule has 0 saturated heterocycles. The van der Waals surface area contributed by atoms with Gasteiger partial charge in [-0.05, 0) is 86.0 Å². The van der Waals surface area contributed by atoms with E-state index < -0.39 is 82.3 Å². The first-order valence-electron chi connectivity index (χ1n) is 42.4. The van der Waals surface area contributed by atoms with Crippen LogP contribution in [-0.2, 0) is 96.6 Å². The number of H-pyrrole nitrogens is 2. The second kappa shape index (κ2) is 54.7. The number of aromatic nitrogens is 8. The third-order valence-electron chi connectivity index (χ3n) is 19.3. The molecule has 740 valence electrons. The van der Waals surface area contributed by atoms with Gasteiger partial charge < -0.3 is 67.6 Å². The summed E-state index contributed by atoms with van der Waals surface area (Å²) < 4.78 is 104. The smallest absolute Gasteiger partial charge is 0.339 e. The summed E-state index contributed by atoms with van der Waals surface area (Å²) in [7, 11) is 0. The van der Waals surface area contributed by atoms with Gasteiger partial charge in [0.2, 0.25) is 17.9 Å². The summed E-state index contributed by atoms with van der Waals surface area (Å²) in [5, 5.41) is 25.0. The van der Waals surface area contributed by atoms with Crippen molar-refractivity contribution in [2.24, 2.45) is 10.1 Å². The number of aliphatic imine (C=N–C) groups is 1. The minimum Gasteiger partial charge on any atom is -0.500 e. The number of nitrogens with two attached hydrogens (primary N) is 1. The van der Waals surface area contributed by atoms with Crippen LogP contribution in [0.4, 0.5) is 8.78 Å². The van der Waals surface area contributed by atoms with E-state index in [0.29, 0.717) is 121 Å². The number of azide groups is 1. The van der Waals surface area contributed by atoms with Crippen molar-refractivity contribution in [2.75, 3.05) is 65.4 Å². The second-order valence-corrected chi connectivity index (χ2v) is 43.6. The normalized spacial score (nSPS) is 13.4. The van der Waals surface area contributed by atoms with E-state index in [0.717, 1.165) is 165 Å². The monoisotopic (exact) mass is 2260 g/mol. The number of nitrogens with one attached hydrogen (secondary N) is 2. The fraction of sp³-hybridized carbons (Fsp3) is 0.223. The third kappa shape index (κ3) is 32.6. The number of carboxylic acid groups (broad SMARTS) is 1. The Morgan fingerprint density at radius 3 is 1.49 bits per heavy atom. The summed E-state index contributed by atoms with van der Waals surface area (Å²) >= 11 is 20.5. The van der Waals surface area contributed by atoms with Crippen LogP contribution >= 0.6 is 62.1 Å². The minimum atomic E-state index is -5.43. The van der Waals surface area contributed by atoms with Crippen LogP contribution in [0.3, 0.4) is 0 Å². The first-order valence-corrected chi connectivity index (χ1v) is 53.9. The minimum absolute atomic E-state index is 0.0233. The summed E-state index contributed by atoms with van der Waals surface area (Å²) in [4.78, 5) is 133. The number of carbonyl (C=O) groups is 7. The quantitative estimate of drug-likeness (QED) is 0.0120. The molecule has 39 nitrogen and oxygen atoms in total. The van der Waals surface area contributed by atoms with Gasteiger partial charge in [-0.1, -0.05) is 138 Å². The number of rotatable bonds is 9. The fourth-order valence-electron chi connectivity index (χ4n) is 13.3. The van der Waals surface area contributed by atoms with Gasteiger partial charge >= 0.3 is 116 Å². The Hall–Kier alpha value is -14.8. The summed E-state index contributed by atoms with van der Waals surface area (Å²) in [5.41, 5.74) is 17.1. The van der Waals surface area contributed by atoms with Gasteiger partial charge in [-0.15, -0.1) is 5.10 Å². The number of fused-ring (bicyclic) bond motifs is 16. The molecule has 0 aliphatic carbocycles. The molecule has 14 aromatic rings. The van der Waals surface area contributed by atoms with Crippen molar-refractivity contribution in [1.82, 2.24) is 40.0 Å². The molecule has 5 N–H and O–H groups in total. The Kier molecular flexibility index (Phi) is 42.0. The van der Waals surface area contributed by atoms with Crippen LogP contribution < -0.4 is 31.2 Å². The number of benzene rings is 6. The molecule has 0 fully saturated rings. The molecule has 142 heavy (non-hydrogen) atoms. The topological polar surface area (TPSA) is 533 Å². The van der Waals surface area contributed by atoms with E-state index in [1.807, 2.05) is 140 Å². The van der Waals surface area contributed by atoms with Crippen molar-refractivity contribution in [1.29, 1.82) is 0 Å². The molecule has 6 aromatic carbocycles. The van der Waals surface area contributed by atoms with E-state index in [4.69, 9.17) is 81.7 Å². The van der Waals surface area contributed by atoms with Crippen LogP contribution in [0.25, 0.3) is 97.5 Å². The molecule has 0 radical (unpaired) electrons. The number of aliphatic carboxylic acids is 1. The molecule has 8 aliphatic heterocycles. The van der Waals surface area contributed by atoms with E-state index >= 15 is 0 Å². The number of nitrogens with zero attached hydrogens (tertiary/aromatic N) is 10. The van der Waals surface area contributed by atoms with Gasteiger partial charge in [-0.3, -0.25) is 23.7 Å². The molecule has 0 spiro atoms. The maximum Gasteiger partial charge on any atom is 0.339 e. The zero-order valence-electron chi connectivity index (χ0n) is 75.4. The number of isocyanates is 1. The molecule has 0 unspecified atom stereocenters. The van der Waals surface area contributed by atoms with E-state index in [9.17, 15) is 61.3 Å². The van der Waals surface area contributed by atoms with E-state index in [1.165, 1.54) is 35.9 Å². The number of amides is 1. The molecule has 16 heterocycles. The number of halogens is 7. The van der Waals surface area contributed by atoms with Crippen molar-refractivity contribution in [3.63, 3.8) is 0 Å². The van der Waals surface area contributed by atoms with Crippen molar-refractivity contribution < 1.29 is 114 Å². The zero-order valence-corrected chi connectivity index (χ0v) is 84.0. The summed E-state index contributed by atoms with van der Waals surface area (Å²) in [6, 6.07) is 49.0. The van der Waals surface area contributed by atoms with Gasteiger partial charge in [0, 0.05) is 123 Å². The SMILES string of the molecule is C1=COCC1.CC(=O)[O][Pb]([O]C(C)=O)([O]C(C)=O)[O]C(C)=O.Clc1nc2c(c3ccccc13)OCC2.Clc1nc2ccoc2c2ccccc12.Fc1nc2c(c3ccccc13)OCC2.Nn1nnc2ccccc21.O=C(CF)C1=COCC1.O=C(O)C1=COCC1.O=C=NC1=COCC1.O=P(Cl)(Cl)Cl.O=c1[nH]c2c(c3ccccc13)OCC2.O=c1[nH]c2ccoc2c2ccccc12.[N-]=[N+]=NC(=O)C1=COCC1. The maximum atomic E-state index is 13.5. The van der Waals surface area contributed by atoms with Crippen LogP contribution in [0.15, 0.2) is 259 Å². The van der Waals surface area contributed by atoms with Crippen LogP contribution in [0.1, 0.15) is 76.9 Å². The molecular formula is C94H85Cl5F2N13O26PPb.